The van der Waals surface area contributed by atoms with Gasteiger partial charge in [-0.25, -0.2) is 4.68 Å². The van der Waals surface area contributed by atoms with Crippen LogP contribution in [-0.2, 0) is 7.05 Å². The number of hydrogen-bond donors (Lipinski definition) is 1. The van der Waals surface area contributed by atoms with E-state index in [-0.39, 0.29) is 4.99 Å². The predicted molar refractivity (Wildman–Crippen MR) is 75.4 cm³/mol. The Morgan fingerprint density at radius 3 is 2.72 bits per heavy atom. The Balaban J connectivity index is 2.47. The van der Waals surface area contributed by atoms with Crippen LogP contribution in [0, 0.1) is 6.92 Å². The zero-order valence-corrected chi connectivity index (χ0v) is 11.5. The molecule has 94 valence electrons. The van der Waals surface area contributed by atoms with Crippen LogP contribution in [0.2, 0.25) is 5.02 Å². The maximum absolute atomic E-state index is 6.05. The average molecular weight is 282 g/mol. The number of aryl methyl sites for hydroxylation is 2. The summed E-state index contributed by atoms with van der Waals surface area (Å²) in [7, 11) is 1.76. The summed E-state index contributed by atoms with van der Waals surface area (Å²) >= 11 is 11.1. The van der Waals surface area contributed by atoms with Crippen LogP contribution in [0.3, 0.4) is 0 Å². The molecule has 0 aliphatic heterocycles. The Morgan fingerprint density at radius 2 is 2.11 bits per heavy atom. The number of thiocarbonyl (C=S) groups is 1. The fraction of sp³-hybridized carbons (Fsp3) is 0.167. The van der Waals surface area contributed by atoms with Crippen LogP contribution in [-0.4, -0.2) is 14.8 Å². The first-order valence-electron chi connectivity index (χ1n) is 5.26. The van der Waals surface area contributed by atoms with Crippen molar-refractivity contribution in [2.24, 2.45) is 12.8 Å². The van der Waals surface area contributed by atoms with Gasteiger partial charge in [0.15, 0.2) is 0 Å². The van der Waals surface area contributed by atoms with E-state index in [1.54, 1.807) is 23.9 Å². The maximum atomic E-state index is 6.05. The van der Waals surface area contributed by atoms with Gasteiger partial charge in [0.1, 0.15) is 10.7 Å². The molecule has 0 spiro atoms. The largest absolute Gasteiger partial charge is 0.437 e. The van der Waals surface area contributed by atoms with Gasteiger partial charge in [0.25, 0.3) is 0 Å². The quantitative estimate of drug-likeness (QED) is 0.879. The average Bonchev–Trinajstić information content (AvgIpc) is 2.57. The molecule has 4 nitrogen and oxygen atoms in total. The third kappa shape index (κ3) is 2.32. The predicted octanol–water partition coefficient (Wildman–Crippen LogP) is 2.81. The van der Waals surface area contributed by atoms with Crippen molar-refractivity contribution in [2.75, 3.05) is 0 Å². The van der Waals surface area contributed by atoms with Gasteiger partial charge in [-0.1, -0.05) is 36.0 Å². The van der Waals surface area contributed by atoms with Gasteiger partial charge in [-0.3, -0.25) is 0 Å². The zero-order valence-electron chi connectivity index (χ0n) is 9.98. The van der Waals surface area contributed by atoms with Crippen molar-refractivity contribution in [3.63, 3.8) is 0 Å². The molecule has 0 atom stereocenters. The Bertz CT molecular complexity index is 609. The molecule has 0 bridgehead atoms. The summed E-state index contributed by atoms with van der Waals surface area (Å²) in [6, 6.07) is 7.19. The molecular weight excluding hydrogens is 270 g/mol. The molecule has 0 radical (unpaired) electrons. The lowest BCUT2D eigenvalue weighted by molar-refractivity contribution is 0.430. The second-order valence-electron chi connectivity index (χ2n) is 3.79. The fourth-order valence-corrected chi connectivity index (χ4v) is 2.08. The van der Waals surface area contributed by atoms with Crippen LogP contribution in [0.25, 0.3) is 0 Å². The number of para-hydroxylation sites is 1. The number of halogens is 1. The van der Waals surface area contributed by atoms with Gasteiger partial charge < -0.3 is 10.5 Å². The van der Waals surface area contributed by atoms with Gasteiger partial charge in [-0.2, -0.15) is 5.10 Å². The second kappa shape index (κ2) is 4.96. The molecule has 0 amide bonds. The van der Waals surface area contributed by atoms with E-state index >= 15 is 0 Å². The van der Waals surface area contributed by atoms with E-state index in [9.17, 15) is 0 Å². The third-order valence-corrected chi connectivity index (χ3v) is 2.98. The maximum Gasteiger partial charge on any atom is 0.228 e. The number of nitrogens with two attached hydrogens (primary N) is 1. The highest BCUT2D eigenvalue weighted by Crippen LogP contribution is 2.31. The summed E-state index contributed by atoms with van der Waals surface area (Å²) in [5.41, 5.74) is 7.05. The van der Waals surface area contributed by atoms with Crippen LogP contribution in [0.1, 0.15) is 11.3 Å². The number of rotatable bonds is 3. The molecule has 0 aliphatic carbocycles. The topological polar surface area (TPSA) is 53.1 Å². The molecule has 2 N–H and O–H groups in total. The van der Waals surface area contributed by atoms with Crippen molar-refractivity contribution in [3.8, 4) is 11.6 Å². The number of ether oxygens (including phenoxy) is 1. The van der Waals surface area contributed by atoms with Crippen molar-refractivity contribution in [3.05, 3.63) is 40.5 Å². The molecular formula is C12H12ClN3OS. The zero-order chi connectivity index (χ0) is 13.3. The van der Waals surface area contributed by atoms with E-state index in [2.05, 4.69) is 5.10 Å². The van der Waals surface area contributed by atoms with Crippen molar-refractivity contribution in [1.29, 1.82) is 0 Å². The lowest BCUT2D eigenvalue weighted by Gasteiger charge is -2.09. The minimum absolute atomic E-state index is 0.252. The lowest BCUT2D eigenvalue weighted by Crippen LogP contribution is -2.11. The minimum Gasteiger partial charge on any atom is -0.437 e. The Labute approximate surface area is 115 Å². The number of nitrogens with zero attached hydrogens (tertiary/aromatic N) is 2. The van der Waals surface area contributed by atoms with Gasteiger partial charge in [-0.05, 0) is 19.1 Å². The van der Waals surface area contributed by atoms with Gasteiger partial charge >= 0.3 is 0 Å². The van der Waals surface area contributed by atoms with Crippen LogP contribution >= 0.6 is 23.8 Å². The molecule has 18 heavy (non-hydrogen) atoms. The van der Waals surface area contributed by atoms with Crippen molar-refractivity contribution < 1.29 is 4.74 Å². The molecule has 1 heterocycles. The van der Waals surface area contributed by atoms with Crippen molar-refractivity contribution >= 4 is 28.8 Å². The second-order valence-corrected chi connectivity index (χ2v) is 4.63. The van der Waals surface area contributed by atoms with Crippen LogP contribution in [0.15, 0.2) is 24.3 Å². The molecule has 6 heteroatoms. The molecule has 1 aromatic heterocycles. The summed E-state index contributed by atoms with van der Waals surface area (Å²) < 4.78 is 7.34. The molecule has 0 unspecified atom stereocenters. The summed E-state index contributed by atoms with van der Waals surface area (Å²) in [5, 5.41) is 4.76. The third-order valence-electron chi connectivity index (χ3n) is 2.46. The van der Waals surface area contributed by atoms with Crippen LogP contribution in [0.4, 0.5) is 0 Å². The van der Waals surface area contributed by atoms with E-state index in [0.29, 0.717) is 22.2 Å². The Kier molecular flexibility index (Phi) is 3.54. The number of benzene rings is 1. The van der Waals surface area contributed by atoms with E-state index in [1.165, 1.54) is 0 Å². The van der Waals surface area contributed by atoms with Crippen LogP contribution in [0.5, 0.6) is 11.6 Å². The first kappa shape index (κ1) is 12.9. The van der Waals surface area contributed by atoms with Crippen molar-refractivity contribution in [1.82, 2.24) is 9.78 Å². The molecule has 2 rings (SSSR count). The standard InChI is InChI=1S/C12H12ClN3OS/c1-7-10(11(14)18)12(16(2)15-7)17-9-6-4-3-5-8(9)13/h3-6H,1-2H3,(H2,14,18). The SMILES string of the molecule is Cc1nn(C)c(Oc2ccccc2Cl)c1C(N)=S. The highest BCUT2D eigenvalue weighted by atomic mass is 35.5. The Hall–Kier alpha value is -1.59. The Morgan fingerprint density at radius 1 is 1.44 bits per heavy atom. The van der Waals surface area contributed by atoms with E-state index < -0.39 is 0 Å². The number of hydrogen-bond acceptors (Lipinski definition) is 3. The summed E-state index contributed by atoms with van der Waals surface area (Å²) in [6.45, 7) is 1.83. The molecule has 0 fully saturated rings. The lowest BCUT2D eigenvalue weighted by atomic mass is 10.2. The van der Waals surface area contributed by atoms with Gasteiger partial charge in [-0.15, -0.1) is 0 Å². The molecule has 1 aromatic carbocycles. The summed E-state index contributed by atoms with van der Waals surface area (Å²) in [6.07, 6.45) is 0. The van der Waals surface area contributed by atoms with Crippen molar-refractivity contribution in [2.45, 2.75) is 6.92 Å². The highest BCUT2D eigenvalue weighted by Gasteiger charge is 2.18. The van der Waals surface area contributed by atoms with Gasteiger partial charge in [0, 0.05) is 7.05 Å². The fourth-order valence-electron chi connectivity index (χ4n) is 1.67. The monoisotopic (exact) mass is 281 g/mol. The van der Waals surface area contributed by atoms with E-state index in [1.807, 2.05) is 19.1 Å². The van der Waals surface area contributed by atoms with Gasteiger partial charge in [0.2, 0.25) is 5.88 Å². The number of aromatic nitrogens is 2. The summed E-state index contributed by atoms with van der Waals surface area (Å²) in [4.78, 5) is 0.252. The van der Waals surface area contributed by atoms with Crippen LogP contribution < -0.4 is 10.5 Å². The molecule has 0 aliphatic rings. The minimum atomic E-state index is 0.252. The first-order chi connectivity index (χ1) is 8.50. The smallest absolute Gasteiger partial charge is 0.228 e. The molecule has 0 saturated carbocycles. The van der Waals surface area contributed by atoms with Gasteiger partial charge in [0.05, 0.1) is 16.3 Å². The van der Waals surface area contributed by atoms with E-state index in [4.69, 9.17) is 34.3 Å². The normalized spacial score (nSPS) is 10.4. The van der Waals surface area contributed by atoms with E-state index in [0.717, 1.165) is 5.69 Å². The summed E-state index contributed by atoms with van der Waals surface area (Å²) in [5.74, 6) is 1.03. The molecule has 0 saturated heterocycles. The molecule has 2 aromatic rings. The highest BCUT2D eigenvalue weighted by molar-refractivity contribution is 7.80. The first-order valence-corrected chi connectivity index (χ1v) is 6.05.